The van der Waals surface area contributed by atoms with Gasteiger partial charge in [-0.05, 0) is 59.3 Å². The minimum atomic E-state index is 0.252. The molecule has 0 radical (unpaired) electrons. The van der Waals surface area contributed by atoms with Crippen LogP contribution >= 0.6 is 0 Å². The second-order valence-electron chi connectivity index (χ2n) is 11.0. The number of fused-ring (bicyclic) bond motifs is 9. The quantitative estimate of drug-likeness (QED) is 0.210. The molecule has 0 fully saturated rings. The monoisotopic (exact) mass is 538 g/mol. The lowest BCUT2D eigenvalue weighted by atomic mass is 9.99. The molecule has 42 heavy (non-hydrogen) atoms. The van der Waals surface area contributed by atoms with Gasteiger partial charge in [0.2, 0.25) is 0 Å². The van der Waals surface area contributed by atoms with E-state index < -0.39 is 0 Å². The summed E-state index contributed by atoms with van der Waals surface area (Å²) in [6, 6.07) is 41.4. The number of benzene rings is 5. The zero-order chi connectivity index (χ0) is 27.6. The number of rotatable bonds is 3. The third-order valence-electron chi connectivity index (χ3n) is 8.62. The highest BCUT2D eigenvalue weighted by Gasteiger charge is 2.19. The van der Waals surface area contributed by atoms with Gasteiger partial charge < -0.3 is 4.57 Å². The van der Waals surface area contributed by atoms with Gasteiger partial charge in [0, 0.05) is 16.3 Å². The van der Waals surface area contributed by atoms with Gasteiger partial charge >= 0.3 is 0 Å². The minimum absolute atomic E-state index is 0.252. The summed E-state index contributed by atoms with van der Waals surface area (Å²) < 4.78 is 4.69. The molecule has 0 spiro atoms. The Labute approximate surface area is 242 Å². The topological polar surface area (TPSA) is 35.1 Å². The molecule has 5 aromatic carbocycles. The van der Waals surface area contributed by atoms with E-state index in [-0.39, 0.29) is 6.04 Å². The van der Waals surface area contributed by atoms with E-state index in [4.69, 9.17) is 9.97 Å². The highest BCUT2D eigenvalue weighted by atomic mass is 15.1. The van der Waals surface area contributed by atoms with Gasteiger partial charge in [-0.1, -0.05) is 103 Å². The number of imidazole rings is 2. The number of aromatic nitrogens is 4. The van der Waals surface area contributed by atoms with Gasteiger partial charge in [0.15, 0.2) is 0 Å². The summed E-state index contributed by atoms with van der Waals surface area (Å²) in [5, 5.41) is 3.61. The van der Waals surface area contributed by atoms with Gasteiger partial charge in [0.1, 0.15) is 11.5 Å². The van der Waals surface area contributed by atoms with Crippen LogP contribution in [0.1, 0.15) is 12.5 Å². The molecule has 0 aliphatic heterocycles. The molecule has 3 aromatic heterocycles. The fraction of sp³-hybridized carbons (Fsp3) is 0.0526. The molecule has 0 saturated heterocycles. The molecule has 4 heteroatoms. The van der Waals surface area contributed by atoms with E-state index in [0.29, 0.717) is 0 Å². The summed E-state index contributed by atoms with van der Waals surface area (Å²) >= 11 is 0. The standard InChI is InChI=1S/C38H26N4/c1-2-10-28(11-3-1)41-35-16-8-6-14-32(35)39-37(41)26-20-18-25(19-21-26)27-22-23-34-31(24-27)29-12-4-5-13-30(29)38-40-33-15-7-9-17-36(33)42(34)38/h1-10,12-24,28H,11H2. The van der Waals surface area contributed by atoms with Crippen molar-refractivity contribution in [2.75, 3.05) is 0 Å². The number of hydrogen-bond acceptors (Lipinski definition) is 2. The zero-order valence-electron chi connectivity index (χ0n) is 22.9. The molecule has 9 rings (SSSR count). The van der Waals surface area contributed by atoms with Crippen LogP contribution in [-0.4, -0.2) is 18.9 Å². The largest absolute Gasteiger partial charge is 0.317 e. The van der Waals surface area contributed by atoms with Crippen molar-refractivity contribution in [1.29, 1.82) is 0 Å². The van der Waals surface area contributed by atoms with Crippen molar-refractivity contribution >= 4 is 49.4 Å². The van der Waals surface area contributed by atoms with Gasteiger partial charge in [-0.3, -0.25) is 4.40 Å². The molecule has 1 atom stereocenters. The Hall–Kier alpha value is -5.48. The molecule has 0 N–H and O–H groups in total. The Morgan fingerprint density at radius 2 is 1.24 bits per heavy atom. The molecule has 1 aliphatic carbocycles. The second kappa shape index (κ2) is 9.02. The first kappa shape index (κ1) is 23.2. The van der Waals surface area contributed by atoms with Gasteiger partial charge in [0.05, 0.1) is 33.6 Å². The van der Waals surface area contributed by atoms with Crippen LogP contribution in [0, 0.1) is 0 Å². The van der Waals surface area contributed by atoms with E-state index in [9.17, 15) is 0 Å². The van der Waals surface area contributed by atoms with E-state index in [1.165, 1.54) is 38.3 Å². The van der Waals surface area contributed by atoms with Crippen LogP contribution in [0.3, 0.4) is 0 Å². The lowest BCUT2D eigenvalue weighted by Gasteiger charge is -2.19. The average molecular weight is 539 g/mol. The molecule has 1 aliphatic rings. The van der Waals surface area contributed by atoms with E-state index >= 15 is 0 Å². The Kier molecular flexibility index (Phi) is 4.99. The van der Waals surface area contributed by atoms with Crippen LogP contribution in [0.25, 0.3) is 71.9 Å². The lowest BCUT2D eigenvalue weighted by Crippen LogP contribution is -2.08. The molecule has 0 amide bonds. The molecule has 8 aromatic rings. The Morgan fingerprint density at radius 3 is 2.05 bits per heavy atom. The first-order valence-electron chi connectivity index (χ1n) is 14.5. The minimum Gasteiger partial charge on any atom is -0.317 e. The van der Waals surface area contributed by atoms with Crippen molar-refractivity contribution in [3.63, 3.8) is 0 Å². The van der Waals surface area contributed by atoms with Gasteiger partial charge in [-0.25, -0.2) is 9.97 Å². The van der Waals surface area contributed by atoms with Gasteiger partial charge in [0.25, 0.3) is 0 Å². The average Bonchev–Trinajstić information content (AvgIpc) is 3.65. The lowest BCUT2D eigenvalue weighted by molar-refractivity contribution is 0.631. The van der Waals surface area contributed by atoms with Crippen LogP contribution in [0.15, 0.2) is 140 Å². The van der Waals surface area contributed by atoms with Crippen molar-refractivity contribution in [1.82, 2.24) is 18.9 Å². The third-order valence-corrected chi connectivity index (χ3v) is 8.62. The molecular weight excluding hydrogens is 512 g/mol. The van der Waals surface area contributed by atoms with E-state index in [1.54, 1.807) is 0 Å². The number of para-hydroxylation sites is 4. The second-order valence-corrected chi connectivity index (χ2v) is 11.0. The summed E-state index contributed by atoms with van der Waals surface area (Å²) in [4.78, 5) is 10.1. The van der Waals surface area contributed by atoms with E-state index in [1.807, 2.05) is 0 Å². The zero-order valence-corrected chi connectivity index (χ0v) is 22.9. The molecule has 198 valence electrons. The fourth-order valence-electron chi connectivity index (χ4n) is 6.64. The summed E-state index contributed by atoms with van der Waals surface area (Å²) in [5.41, 5.74) is 10.0. The van der Waals surface area contributed by atoms with Crippen molar-refractivity contribution in [3.8, 4) is 22.5 Å². The van der Waals surface area contributed by atoms with Crippen LogP contribution in [-0.2, 0) is 0 Å². The van der Waals surface area contributed by atoms with Crippen LogP contribution in [0.4, 0.5) is 0 Å². The summed E-state index contributed by atoms with van der Waals surface area (Å²) in [7, 11) is 0. The molecular formula is C38H26N4. The Morgan fingerprint density at radius 1 is 0.548 bits per heavy atom. The van der Waals surface area contributed by atoms with Crippen LogP contribution < -0.4 is 0 Å². The maximum absolute atomic E-state index is 5.08. The van der Waals surface area contributed by atoms with Crippen molar-refractivity contribution < 1.29 is 0 Å². The molecule has 0 saturated carbocycles. The van der Waals surface area contributed by atoms with Crippen molar-refractivity contribution in [2.45, 2.75) is 12.5 Å². The Balaban J connectivity index is 1.20. The number of hydrogen-bond donors (Lipinski definition) is 0. The SMILES string of the molecule is C1=CCC(n2c(-c3ccc(-c4ccc5c(c4)c4ccccc4c4nc6ccccc6n54)cc3)nc3ccccc32)C=C1. The normalized spacial score (nSPS) is 15.1. The van der Waals surface area contributed by atoms with Gasteiger partial charge in [-0.2, -0.15) is 0 Å². The van der Waals surface area contributed by atoms with E-state index in [0.717, 1.165) is 40.0 Å². The van der Waals surface area contributed by atoms with Crippen molar-refractivity contribution in [2.24, 2.45) is 0 Å². The highest BCUT2D eigenvalue weighted by molar-refractivity contribution is 6.14. The molecule has 4 nitrogen and oxygen atoms in total. The van der Waals surface area contributed by atoms with Crippen molar-refractivity contribution in [3.05, 3.63) is 140 Å². The van der Waals surface area contributed by atoms with Crippen LogP contribution in [0.5, 0.6) is 0 Å². The predicted molar refractivity (Wildman–Crippen MR) is 174 cm³/mol. The predicted octanol–water partition coefficient (Wildman–Crippen LogP) is 9.53. The number of pyridine rings is 1. The fourth-order valence-corrected chi connectivity index (χ4v) is 6.64. The highest BCUT2D eigenvalue weighted by Crippen LogP contribution is 2.36. The number of nitrogens with zero attached hydrogens (tertiary/aromatic N) is 4. The van der Waals surface area contributed by atoms with Crippen LogP contribution in [0.2, 0.25) is 0 Å². The summed E-state index contributed by atoms with van der Waals surface area (Å²) in [6.07, 6.45) is 9.73. The third kappa shape index (κ3) is 3.42. The maximum Gasteiger partial charge on any atom is 0.146 e. The van der Waals surface area contributed by atoms with E-state index in [2.05, 4.69) is 149 Å². The first-order valence-corrected chi connectivity index (χ1v) is 14.5. The first-order chi connectivity index (χ1) is 20.8. The smallest absolute Gasteiger partial charge is 0.146 e. The summed E-state index contributed by atoms with van der Waals surface area (Å²) in [5.74, 6) is 1.01. The number of allylic oxidation sites excluding steroid dienone is 4. The molecule has 1 unspecified atom stereocenters. The van der Waals surface area contributed by atoms with Gasteiger partial charge in [-0.15, -0.1) is 0 Å². The Bertz CT molecular complexity index is 2390. The summed E-state index contributed by atoms with van der Waals surface area (Å²) in [6.45, 7) is 0. The maximum atomic E-state index is 5.08. The molecule has 0 bridgehead atoms. The molecule has 3 heterocycles.